The molecule has 3 aromatic heterocycles. The van der Waals surface area contributed by atoms with E-state index in [-0.39, 0.29) is 11.1 Å². The molecule has 0 aliphatic carbocycles. The molecule has 5 rings (SSSR count). The summed E-state index contributed by atoms with van der Waals surface area (Å²) in [6, 6.07) is 11.3. The third-order valence-electron chi connectivity index (χ3n) is 6.30. The van der Waals surface area contributed by atoms with Crippen LogP contribution in [0.25, 0.3) is 27.0 Å². The summed E-state index contributed by atoms with van der Waals surface area (Å²) in [5.41, 5.74) is 5.73. The maximum absolute atomic E-state index is 4.98. The van der Waals surface area contributed by atoms with E-state index < -0.39 is 0 Å². The summed E-state index contributed by atoms with van der Waals surface area (Å²) in [4.78, 5) is 11.9. The highest BCUT2D eigenvalue weighted by molar-refractivity contribution is 7.22. The van der Waals surface area contributed by atoms with Gasteiger partial charge in [0.05, 0.1) is 15.9 Å². The summed E-state index contributed by atoms with van der Waals surface area (Å²) < 4.78 is 3.33. The van der Waals surface area contributed by atoms with Crippen molar-refractivity contribution in [3.8, 4) is 11.1 Å². The van der Waals surface area contributed by atoms with Crippen LogP contribution in [0.5, 0.6) is 0 Å². The highest BCUT2D eigenvalue weighted by atomic mass is 32.1. The number of thiazole rings is 1. The number of aryl methyl sites for hydroxylation is 1. The maximum Gasteiger partial charge on any atom is 0.186 e. The Balaban J connectivity index is 1.46. The van der Waals surface area contributed by atoms with E-state index in [1.54, 1.807) is 11.3 Å². The van der Waals surface area contributed by atoms with Gasteiger partial charge in [-0.1, -0.05) is 17.4 Å². The fourth-order valence-corrected chi connectivity index (χ4v) is 6.27. The maximum atomic E-state index is 4.98. The summed E-state index contributed by atoms with van der Waals surface area (Å²) in [7, 11) is 2.20. The zero-order chi connectivity index (χ0) is 22.0. The molecule has 0 amide bonds. The lowest BCUT2D eigenvalue weighted by Gasteiger charge is -2.48. The molecule has 1 saturated heterocycles. The molecule has 4 aromatic rings. The number of benzene rings is 1. The molecule has 31 heavy (non-hydrogen) atoms. The average molecular weight is 434 g/mol. The molecular weight excluding hydrogens is 402 g/mol. The number of nitrogens with one attached hydrogen (secondary N) is 1. The zero-order valence-electron chi connectivity index (χ0n) is 19.2. The number of pyridine rings is 1. The minimum Gasteiger partial charge on any atom is -0.348 e. The number of hydrogen-bond acceptors (Lipinski definition) is 5. The second-order valence-corrected chi connectivity index (χ2v) is 11.3. The molecule has 0 unspecified atom stereocenters. The van der Waals surface area contributed by atoms with Crippen LogP contribution in [0.15, 0.2) is 42.7 Å². The molecule has 0 spiro atoms. The summed E-state index contributed by atoms with van der Waals surface area (Å²) in [5.74, 6) is 0. The second kappa shape index (κ2) is 7.04. The first-order chi connectivity index (χ1) is 14.6. The molecule has 4 heterocycles. The molecule has 0 atom stereocenters. The van der Waals surface area contributed by atoms with Crippen LogP contribution in [0, 0.1) is 6.92 Å². The molecule has 162 valence electrons. The number of anilines is 1. The predicted molar refractivity (Wildman–Crippen MR) is 131 cm³/mol. The number of piperidine rings is 1. The van der Waals surface area contributed by atoms with Gasteiger partial charge in [0, 0.05) is 36.6 Å². The molecule has 0 saturated carbocycles. The van der Waals surface area contributed by atoms with Crippen molar-refractivity contribution in [3.63, 3.8) is 0 Å². The third-order valence-corrected chi connectivity index (χ3v) is 7.41. The summed E-state index contributed by atoms with van der Waals surface area (Å²) in [6.45, 7) is 11.2. The van der Waals surface area contributed by atoms with Gasteiger partial charge < -0.3 is 14.6 Å². The quantitative estimate of drug-likeness (QED) is 0.452. The van der Waals surface area contributed by atoms with Gasteiger partial charge in [0.1, 0.15) is 5.65 Å². The predicted octanol–water partition coefficient (Wildman–Crippen LogP) is 5.66. The van der Waals surface area contributed by atoms with E-state index in [1.807, 2.05) is 6.92 Å². The number of nitrogens with zero attached hydrogens (tertiary/aromatic N) is 4. The van der Waals surface area contributed by atoms with Crippen molar-refractivity contribution in [2.75, 3.05) is 11.9 Å². The van der Waals surface area contributed by atoms with E-state index in [9.17, 15) is 0 Å². The van der Waals surface area contributed by atoms with Gasteiger partial charge in [-0.05, 0) is 82.9 Å². The first-order valence-corrected chi connectivity index (χ1v) is 11.8. The Labute approximate surface area is 188 Å². The molecule has 1 N–H and O–H groups in total. The highest BCUT2D eigenvalue weighted by Crippen LogP contribution is 2.37. The van der Waals surface area contributed by atoms with Crippen LogP contribution in [-0.4, -0.2) is 38.5 Å². The first kappa shape index (κ1) is 20.5. The average Bonchev–Trinajstić information content (AvgIpc) is 3.25. The molecule has 0 bridgehead atoms. The van der Waals surface area contributed by atoms with Crippen molar-refractivity contribution in [2.24, 2.45) is 0 Å². The highest BCUT2D eigenvalue weighted by Gasteiger charge is 2.39. The molecule has 1 aliphatic heterocycles. The lowest BCUT2D eigenvalue weighted by molar-refractivity contribution is 0.161. The van der Waals surface area contributed by atoms with Gasteiger partial charge in [0.25, 0.3) is 0 Å². The fraction of sp³-hybridized carbons (Fsp3) is 0.440. The Morgan fingerprint density at radius 1 is 1.00 bits per heavy atom. The lowest BCUT2D eigenvalue weighted by Crippen LogP contribution is -2.61. The van der Waals surface area contributed by atoms with Crippen LogP contribution in [0.4, 0.5) is 5.13 Å². The zero-order valence-corrected chi connectivity index (χ0v) is 20.0. The number of fused-ring (bicyclic) bond motifs is 2. The molecule has 5 nitrogen and oxygen atoms in total. The van der Waals surface area contributed by atoms with E-state index in [4.69, 9.17) is 4.98 Å². The SMILES string of the molecule is Cc1cn2cc(-c3ccc4nc(N(C)C5CC(C)(C)NC(C)(C)C5)sc4c3)ccc2n1. The Kier molecular flexibility index (Phi) is 4.65. The van der Waals surface area contributed by atoms with Gasteiger partial charge in [-0.15, -0.1) is 0 Å². The smallest absolute Gasteiger partial charge is 0.186 e. The van der Waals surface area contributed by atoms with Crippen LogP contribution in [0.1, 0.15) is 46.2 Å². The molecule has 1 fully saturated rings. The van der Waals surface area contributed by atoms with Gasteiger partial charge in [-0.3, -0.25) is 0 Å². The number of hydrogen-bond donors (Lipinski definition) is 1. The van der Waals surface area contributed by atoms with E-state index in [1.165, 1.54) is 15.8 Å². The molecule has 1 aromatic carbocycles. The Morgan fingerprint density at radius 2 is 1.71 bits per heavy atom. The second-order valence-electron chi connectivity index (χ2n) is 10.3. The molecule has 6 heteroatoms. The summed E-state index contributed by atoms with van der Waals surface area (Å²) in [5, 5.41) is 4.89. The number of aromatic nitrogens is 3. The fourth-order valence-electron chi connectivity index (χ4n) is 5.23. The van der Waals surface area contributed by atoms with Gasteiger partial charge in [-0.25, -0.2) is 9.97 Å². The number of imidazole rings is 1. The molecule has 1 aliphatic rings. The van der Waals surface area contributed by atoms with Crippen LogP contribution in [0.2, 0.25) is 0 Å². The minimum atomic E-state index is 0.120. The van der Waals surface area contributed by atoms with Gasteiger partial charge in [0.2, 0.25) is 0 Å². The van der Waals surface area contributed by atoms with Crippen molar-refractivity contribution in [1.29, 1.82) is 0 Å². The standard InChI is InChI=1S/C25H31N5S/c1-16-14-30-15-18(8-10-22(30)26-16)17-7-9-20-21(11-17)31-23(27-20)29(6)19-12-24(2,3)28-25(4,5)13-19/h7-11,14-15,19,28H,12-13H2,1-6H3. The topological polar surface area (TPSA) is 45.5 Å². The Morgan fingerprint density at radius 3 is 2.45 bits per heavy atom. The van der Waals surface area contributed by atoms with Gasteiger partial charge >= 0.3 is 0 Å². The van der Waals surface area contributed by atoms with Crippen molar-refractivity contribution >= 4 is 32.3 Å². The number of rotatable bonds is 3. The molecular formula is C25H31N5S. The Bertz CT molecular complexity index is 1250. The monoisotopic (exact) mass is 433 g/mol. The van der Waals surface area contributed by atoms with E-state index in [0.717, 1.165) is 34.8 Å². The van der Waals surface area contributed by atoms with Crippen LogP contribution < -0.4 is 10.2 Å². The van der Waals surface area contributed by atoms with Crippen molar-refractivity contribution in [1.82, 2.24) is 19.7 Å². The van der Waals surface area contributed by atoms with Crippen molar-refractivity contribution in [2.45, 2.75) is 64.6 Å². The van der Waals surface area contributed by atoms with Gasteiger partial charge in [-0.2, -0.15) is 0 Å². The van der Waals surface area contributed by atoms with Crippen LogP contribution in [0.3, 0.4) is 0 Å². The molecule has 0 radical (unpaired) electrons. The van der Waals surface area contributed by atoms with Gasteiger partial charge in [0.15, 0.2) is 5.13 Å². The first-order valence-electron chi connectivity index (χ1n) is 11.0. The normalized spacial score (nSPS) is 18.6. The van der Waals surface area contributed by atoms with E-state index >= 15 is 0 Å². The van der Waals surface area contributed by atoms with Crippen LogP contribution in [-0.2, 0) is 0 Å². The van der Waals surface area contributed by atoms with Crippen molar-refractivity contribution in [3.05, 3.63) is 48.4 Å². The Hall–Kier alpha value is -2.44. The summed E-state index contributed by atoms with van der Waals surface area (Å²) >= 11 is 1.79. The summed E-state index contributed by atoms with van der Waals surface area (Å²) in [6.07, 6.45) is 6.44. The lowest BCUT2D eigenvalue weighted by atomic mass is 9.79. The van der Waals surface area contributed by atoms with E-state index in [2.05, 4.69) is 97.1 Å². The van der Waals surface area contributed by atoms with E-state index in [0.29, 0.717) is 6.04 Å². The minimum absolute atomic E-state index is 0.120. The third kappa shape index (κ3) is 3.94. The van der Waals surface area contributed by atoms with Crippen LogP contribution >= 0.6 is 11.3 Å². The largest absolute Gasteiger partial charge is 0.348 e. The van der Waals surface area contributed by atoms with Crippen molar-refractivity contribution < 1.29 is 0 Å².